The second kappa shape index (κ2) is 9.92. The molecule has 0 atom stereocenters. The van der Waals surface area contributed by atoms with E-state index in [4.69, 9.17) is 0 Å². The molecule has 0 heterocycles. The van der Waals surface area contributed by atoms with Crippen molar-refractivity contribution < 1.29 is 0 Å². The zero-order valence-corrected chi connectivity index (χ0v) is 18.7. The first-order chi connectivity index (χ1) is 12.8. The predicted octanol–water partition coefficient (Wildman–Crippen LogP) is 8.11. The number of fused-ring (bicyclic) bond motifs is 3. The minimum absolute atomic E-state index is 1.13. The summed E-state index contributed by atoms with van der Waals surface area (Å²) in [5, 5.41) is 0. The van der Waals surface area contributed by atoms with Crippen LogP contribution in [-0.4, -0.2) is 0 Å². The lowest BCUT2D eigenvalue weighted by atomic mass is 9.92. The number of rotatable bonds is 10. The molecular weight excluding hydrogens is 427 g/mol. The molecule has 2 aromatic rings. The van der Waals surface area contributed by atoms with Crippen molar-refractivity contribution in [3.8, 4) is 11.1 Å². The third kappa shape index (κ3) is 4.52. The minimum atomic E-state index is 1.13. The predicted molar refractivity (Wildman–Crippen MR) is 123 cm³/mol. The molecule has 0 unspecified atom stereocenters. The van der Waals surface area contributed by atoms with Crippen LogP contribution in [0, 0.1) is 3.57 Å². The fourth-order valence-electron chi connectivity index (χ4n) is 4.29. The monoisotopic (exact) mass is 460 g/mol. The Hall–Kier alpha value is -0.830. The van der Waals surface area contributed by atoms with Crippen LogP contribution in [0.3, 0.4) is 0 Å². The van der Waals surface area contributed by atoms with Crippen LogP contribution >= 0.6 is 22.6 Å². The van der Waals surface area contributed by atoms with Gasteiger partial charge in [-0.2, -0.15) is 0 Å². The highest BCUT2D eigenvalue weighted by Crippen LogP contribution is 2.41. The largest absolute Gasteiger partial charge is 0.0654 e. The molecule has 0 fully saturated rings. The van der Waals surface area contributed by atoms with Crippen LogP contribution in [-0.2, 0) is 19.3 Å². The molecule has 0 saturated carbocycles. The van der Waals surface area contributed by atoms with E-state index in [1.165, 1.54) is 80.9 Å². The van der Waals surface area contributed by atoms with Crippen LogP contribution in [0.5, 0.6) is 0 Å². The van der Waals surface area contributed by atoms with Gasteiger partial charge in [-0.3, -0.25) is 0 Å². The SMILES string of the molecule is CCCCCCc1cc2c(c(I)c1CCCCCC)Cc1ccccc1-2. The highest BCUT2D eigenvalue weighted by molar-refractivity contribution is 14.1. The minimum Gasteiger partial charge on any atom is -0.0654 e. The molecule has 0 saturated heterocycles. The first-order valence-electron chi connectivity index (χ1n) is 10.7. The van der Waals surface area contributed by atoms with Crippen molar-refractivity contribution in [1.29, 1.82) is 0 Å². The van der Waals surface area contributed by atoms with Crippen molar-refractivity contribution in [1.82, 2.24) is 0 Å². The molecule has 26 heavy (non-hydrogen) atoms. The average Bonchev–Trinajstić information content (AvgIpc) is 3.03. The highest BCUT2D eigenvalue weighted by Gasteiger charge is 2.23. The lowest BCUT2D eigenvalue weighted by Gasteiger charge is -2.17. The van der Waals surface area contributed by atoms with Crippen molar-refractivity contribution >= 4 is 22.6 Å². The first-order valence-corrected chi connectivity index (χ1v) is 11.8. The van der Waals surface area contributed by atoms with Crippen LogP contribution in [0.15, 0.2) is 30.3 Å². The van der Waals surface area contributed by atoms with Crippen LogP contribution < -0.4 is 0 Å². The lowest BCUT2D eigenvalue weighted by molar-refractivity contribution is 0.649. The Morgan fingerprint density at radius 3 is 2.23 bits per heavy atom. The maximum Gasteiger partial charge on any atom is 0.0206 e. The van der Waals surface area contributed by atoms with E-state index in [-0.39, 0.29) is 0 Å². The van der Waals surface area contributed by atoms with Gasteiger partial charge in [0.05, 0.1) is 0 Å². The summed E-state index contributed by atoms with van der Waals surface area (Å²) < 4.78 is 1.57. The molecule has 3 rings (SSSR count). The molecule has 0 N–H and O–H groups in total. The van der Waals surface area contributed by atoms with Crippen molar-refractivity contribution in [2.45, 2.75) is 84.5 Å². The van der Waals surface area contributed by atoms with Gasteiger partial charge < -0.3 is 0 Å². The van der Waals surface area contributed by atoms with Gasteiger partial charge in [-0.25, -0.2) is 0 Å². The van der Waals surface area contributed by atoms with Gasteiger partial charge in [-0.1, -0.05) is 82.7 Å². The maximum absolute atomic E-state index is 2.66. The number of aryl methyl sites for hydroxylation is 1. The summed E-state index contributed by atoms with van der Waals surface area (Å²) in [6.45, 7) is 4.60. The van der Waals surface area contributed by atoms with E-state index in [0.29, 0.717) is 0 Å². The summed E-state index contributed by atoms with van der Waals surface area (Å²) in [5.41, 5.74) is 9.41. The van der Waals surface area contributed by atoms with Gasteiger partial charge in [0, 0.05) is 3.57 Å². The molecule has 0 spiro atoms. The van der Waals surface area contributed by atoms with Crippen molar-refractivity contribution in [3.05, 3.63) is 56.2 Å². The Labute approximate surface area is 173 Å². The third-order valence-corrected chi connectivity index (χ3v) is 7.12. The van der Waals surface area contributed by atoms with Gasteiger partial charge >= 0.3 is 0 Å². The summed E-state index contributed by atoms with van der Waals surface area (Å²) in [6.07, 6.45) is 14.5. The highest BCUT2D eigenvalue weighted by atomic mass is 127. The van der Waals surface area contributed by atoms with Gasteiger partial charge in [0.2, 0.25) is 0 Å². The molecule has 0 radical (unpaired) electrons. The smallest absolute Gasteiger partial charge is 0.0206 e. The Morgan fingerprint density at radius 1 is 0.808 bits per heavy atom. The normalized spacial score (nSPS) is 12.3. The van der Waals surface area contributed by atoms with Gasteiger partial charge in [-0.05, 0) is 88.1 Å². The second-order valence-electron chi connectivity index (χ2n) is 7.81. The van der Waals surface area contributed by atoms with E-state index in [2.05, 4.69) is 66.8 Å². The number of halogens is 1. The Bertz CT molecular complexity index is 729. The summed E-state index contributed by atoms with van der Waals surface area (Å²) in [7, 11) is 0. The summed E-state index contributed by atoms with van der Waals surface area (Å²) in [4.78, 5) is 0. The quantitative estimate of drug-likeness (QED) is 0.212. The summed E-state index contributed by atoms with van der Waals surface area (Å²) in [5.74, 6) is 0. The molecule has 0 nitrogen and oxygen atoms in total. The summed E-state index contributed by atoms with van der Waals surface area (Å²) >= 11 is 2.66. The number of hydrogen-bond donors (Lipinski definition) is 0. The molecule has 0 amide bonds. The number of unbranched alkanes of at least 4 members (excludes halogenated alkanes) is 6. The molecule has 1 aliphatic carbocycles. The van der Waals surface area contributed by atoms with Gasteiger partial charge in [-0.15, -0.1) is 0 Å². The van der Waals surface area contributed by atoms with E-state index in [9.17, 15) is 0 Å². The van der Waals surface area contributed by atoms with Gasteiger partial charge in [0.1, 0.15) is 0 Å². The zero-order valence-electron chi connectivity index (χ0n) is 16.5. The Kier molecular flexibility index (Phi) is 7.60. The topological polar surface area (TPSA) is 0 Å². The molecule has 0 aromatic heterocycles. The second-order valence-corrected chi connectivity index (χ2v) is 8.89. The Balaban J connectivity index is 1.88. The maximum atomic E-state index is 2.66. The average molecular weight is 460 g/mol. The van der Waals surface area contributed by atoms with E-state index in [0.717, 1.165) is 6.42 Å². The molecule has 1 aliphatic rings. The molecule has 2 aromatic carbocycles. The van der Waals surface area contributed by atoms with E-state index in [1.807, 2.05) is 0 Å². The van der Waals surface area contributed by atoms with Crippen molar-refractivity contribution in [3.63, 3.8) is 0 Å². The molecule has 1 heteroatoms. The standard InChI is InChI=1S/C25H33I/c1-3-5-7-9-13-20-17-23-21-15-12-11-14-19(21)18-24(23)25(26)22(20)16-10-8-6-4-2/h11-12,14-15,17H,3-10,13,16,18H2,1-2H3. The van der Waals surface area contributed by atoms with Crippen molar-refractivity contribution in [2.24, 2.45) is 0 Å². The molecule has 0 aliphatic heterocycles. The fraction of sp³-hybridized carbons (Fsp3) is 0.520. The third-order valence-electron chi connectivity index (χ3n) is 5.82. The van der Waals surface area contributed by atoms with Crippen molar-refractivity contribution in [2.75, 3.05) is 0 Å². The molecule has 140 valence electrons. The fourth-order valence-corrected chi connectivity index (χ4v) is 5.39. The zero-order chi connectivity index (χ0) is 18.4. The molecular formula is C25H33I. The molecule has 0 bridgehead atoms. The van der Waals surface area contributed by atoms with E-state index in [1.54, 1.807) is 20.3 Å². The van der Waals surface area contributed by atoms with Crippen LogP contribution in [0.4, 0.5) is 0 Å². The van der Waals surface area contributed by atoms with E-state index >= 15 is 0 Å². The number of hydrogen-bond acceptors (Lipinski definition) is 0. The van der Waals surface area contributed by atoms with Crippen LogP contribution in [0.2, 0.25) is 0 Å². The number of benzene rings is 2. The van der Waals surface area contributed by atoms with Crippen LogP contribution in [0.25, 0.3) is 11.1 Å². The Morgan fingerprint density at radius 2 is 1.50 bits per heavy atom. The van der Waals surface area contributed by atoms with Gasteiger partial charge in [0.25, 0.3) is 0 Å². The lowest BCUT2D eigenvalue weighted by Crippen LogP contribution is -2.03. The first kappa shape index (κ1) is 19.9. The summed E-state index contributed by atoms with van der Waals surface area (Å²) in [6, 6.07) is 11.6. The van der Waals surface area contributed by atoms with Gasteiger partial charge in [0.15, 0.2) is 0 Å². The van der Waals surface area contributed by atoms with Crippen LogP contribution in [0.1, 0.15) is 87.5 Å². The van der Waals surface area contributed by atoms with E-state index < -0.39 is 0 Å².